The van der Waals surface area contributed by atoms with E-state index in [0.717, 1.165) is 12.1 Å². The Morgan fingerprint density at radius 1 is 1.31 bits per heavy atom. The summed E-state index contributed by atoms with van der Waals surface area (Å²) in [4.78, 5) is 10.4. The second kappa shape index (κ2) is 4.68. The number of carbonyl (C=O) groups is 1. The molecule has 16 heavy (non-hydrogen) atoms. The molecule has 0 aromatic heterocycles. The fourth-order valence-corrected chi connectivity index (χ4v) is 1.48. The summed E-state index contributed by atoms with van der Waals surface area (Å²) in [6.07, 6.45) is 0.196. The topological polar surface area (TPSA) is 17.1 Å². The van der Waals surface area contributed by atoms with E-state index in [1.165, 1.54) is 6.07 Å². The standard InChI is InChI=1S/C10H7F3O.C2H6/c11-8-2-6(5-14)1-7(3-8)9-4-10(9,12)13;1-2/h1-3,5,9H,4H2;1-2H3. The van der Waals surface area contributed by atoms with Gasteiger partial charge < -0.3 is 0 Å². The number of aldehydes is 1. The first-order valence-electron chi connectivity index (χ1n) is 5.16. The summed E-state index contributed by atoms with van der Waals surface area (Å²) in [5.41, 5.74) is 0.305. The highest BCUT2D eigenvalue weighted by Gasteiger charge is 2.57. The van der Waals surface area contributed by atoms with Crippen LogP contribution in [0.3, 0.4) is 0 Å². The highest BCUT2D eigenvalue weighted by molar-refractivity contribution is 5.75. The summed E-state index contributed by atoms with van der Waals surface area (Å²) in [5.74, 6) is -4.29. The number of alkyl halides is 2. The van der Waals surface area contributed by atoms with Gasteiger partial charge in [-0.25, -0.2) is 13.2 Å². The molecular formula is C12H13F3O. The zero-order valence-electron chi connectivity index (χ0n) is 9.14. The van der Waals surface area contributed by atoms with E-state index >= 15 is 0 Å². The minimum atomic E-state index is -2.73. The van der Waals surface area contributed by atoms with E-state index in [4.69, 9.17) is 0 Å². The molecule has 88 valence electrons. The lowest BCUT2D eigenvalue weighted by molar-refractivity contribution is 0.110. The molecule has 1 aliphatic carbocycles. The van der Waals surface area contributed by atoms with Crippen LogP contribution in [0, 0.1) is 5.82 Å². The van der Waals surface area contributed by atoms with Crippen LogP contribution in [0.2, 0.25) is 0 Å². The number of hydrogen-bond donors (Lipinski definition) is 0. The van der Waals surface area contributed by atoms with Crippen molar-refractivity contribution < 1.29 is 18.0 Å². The maximum Gasteiger partial charge on any atom is 0.255 e. The third-order valence-corrected chi connectivity index (χ3v) is 2.31. The average molecular weight is 230 g/mol. The Labute approximate surface area is 92.3 Å². The van der Waals surface area contributed by atoms with Gasteiger partial charge >= 0.3 is 0 Å². The predicted molar refractivity (Wildman–Crippen MR) is 55.4 cm³/mol. The van der Waals surface area contributed by atoms with Gasteiger partial charge in [0.25, 0.3) is 5.92 Å². The van der Waals surface area contributed by atoms with Crippen LogP contribution < -0.4 is 0 Å². The quantitative estimate of drug-likeness (QED) is 0.706. The molecule has 1 atom stereocenters. The van der Waals surface area contributed by atoms with Crippen molar-refractivity contribution in [1.29, 1.82) is 0 Å². The van der Waals surface area contributed by atoms with Crippen molar-refractivity contribution >= 4 is 6.29 Å². The lowest BCUT2D eigenvalue weighted by Crippen LogP contribution is -1.95. The number of hydrogen-bond acceptors (Lipinski definition) is 1. The van der Waals surface area contributed by atoms with Crippen LogP contribution in [0.25, 0.3) is 0 Å². The van der Waals surface area contributed by atoms with E-state index in [0.29, 0.717) is 6.29 Å². The molecule has 0 heterocycles. The van der Waals surface area contributed by atoms with Crippen LogP contribution in [0.15, 0.2) is 18.2 Å². The van der Waals surface area contributed by atoms with Crippen LogP contribution >= 0.6 is 0 Å². The van der Waals surface area contributed by atoms with Gasteiger partial charge in [0, 0.05) is 12.0 Å². The van der Waals surface area contributed by atoms with Crippen molar-refractivity contribution in [3.05, 3.63) is 35.1 Å². The van der Waals surface area contributed by atoms with Crippen molar-refractivity contribution in [3.63, 3.8) is 0 Å². The van der Waals surface area contributed by atoms with Gasteiger partial charge in [0.1, 0.15) is 12.1 Å². The SMILES string of the molecule is CC.O=Cc1cc(F)cc(C2CC2(F)F)c1. The maximum absolute atomic E-state index is 12.9. The van der Waals surface area contributed by atoms with E-state index < -0.39 is 17.7 Å². The van der Waals surface area contributed by atoms with Crippen LogP contribution in [0.4, 0.5) is 13.2 Å². The molecule has 0 aliphatic heterocycles. The molecule has 0 N–H and O–H groups in total. The van der Waals surface area contributed by atoms with E-state index in [-0.39, 0.29) is 17.5 Å². The van der Waals surface area contributed by atoms with Crippen molar-refractivity contribution in [2.75, 3.05) is 0 Å². The van der Waals surface area contributed by atoms with E-state index in [1.807, 2.05) is 13.8 Å². The molecule has 1 aromatic rings. The molecule has 1 aliphatic rings. The summed E-state index contributed by atoms with van der Waals surface area (Å²) in [6, 6.07) is 3.39. The average Bonchev–Trinajstić information content (AvgIpc) is 2.90. The van der Waals surface area contributed by atoms with E-state index in [9.17, 15) is 18.0 Å². The van der Waals surface area contributed by atoms with Gasteiger partial charge in [-0.15, -0.1) is 0 Å². The Hall–Kier alpha value is -1.32. The van der Waals surface area contributed by atoms with Gasteiger partial charge in [0.2, 0.25) is 0 Å². The monoisotopic (exact) mass is 230 g/mol. The Kier molecular flexibility index (Phi) is 3.73. The Morgan fingerprint density at radius 2 is 1.88 bits per heavy atom. The van der Waals surface area contributed by atoms with E-state index in [1.54, 1.807) is 0 Å². The van der Waals surface area contributed by atoms with Gasteiger partial charge in [0.15, 0.2) is 0 Å². The second-order valence-electron chi connectivity index (χ2n) is 3.45. The normalized spacial score (nSPS) is 20.7. The molecule has 1 fully saturated rings. The largest absolute Gasteiger partial charge is 0.298 e. The zero-order valence-corrected chi connectivity index (χ0v) is 9.14. The Bertz CT molecular complexity index is 388. The summed E-state index contributed by atoms with van der Waals surface area (Å²) >= 11 is 0. The summed E-state index contributed by atoms with van der Waals surface area (Å²) in [6.45, 7) is 4.00. The lowest BCUT2D eigenvalue weighted by Gasteiger charge is -2.00. The lowest BCUT2D eigenvalue weighted by atomic mass is 10.1. The minimum Gasteiger partial charge on any atom is -0.298 e. The van der Waals surface area contributed by atoms with Crippen molar-refractivity contribution in [2.24, 2.45) is 0 Å². The molecule has 0 radical (unpaired) electrons. The first kappa shape index (κ1) is 12.7. The molecule has 1 saturated carbocycles. The third-order valence-electron chi connectivity index (χ3n) is 2.31. The molecule has 0 saturated heterocycles. The van der Waals surface area contributed by atoms with Crippen molar-refractivity contribution in [1.82, 2.24) is 0 Å². The van der Waals surface area contributed by atoms with Crippen LogP contribution in [-0.4, -0.2) is 12.2 Å². The van der Waals surface area contributed by atoms with Gasteiger partial charge in [-0.3, -0.25) is 4.79 Å². The minimum absolute atomic E-state index is 0.0997. The number of halogens is 3. The fraction of sp³-hybridized carbons (Fsp3) is 0.417. The van der Waals surface area contributed by atoms with Gasteiger partial charge in [-0.05, 0) is 23.8 Å². The van der Waals surface area contributed by atoms with Gasteiger partial charge in [-0.2, -0.15) is 0 Å². The molecule has 0 amide bonds. The molecule has 0 bridgehead atoms. The van der Waals surface area contributed by atoms with Crippen LogP contribution in [-0.2, 0) is 0 Å². The number of carbonyl (C=O) groups excluding carboxylic acids is 1. The molecule has 0 spiro atoms. The summed E-state index contributed by atoms with van der Waals surface area (Å²) in [7, 11) is 0. The highest BCUT2D eigenvalue weighted by atomic mass is 19.3. The number of rotatable bonds is 2. The fourth-order valence-electron chi connectivity index (χ4n) is 1.48. The molecule has 4 heteroatoms. The molecule has 2 rings (SSSR count). The van der Waals surface area contributed by atoms with Gasteiger partial charge in [-0.1, -0.05) is 13.8 Å². The van der Waals surface area contributed by atoms with Crippen molar-refractivity contribution in [3.8, 4) is 0 Å². The summed E-state index contributed by atoms with van der Waals surface area (Å²) in [5, 5.41) is 0. The molecular weight excluding hydrogens is 217 g/mol. The first-order chi connectivity index (χ1) is 7.53. The second-order valence-corrected chi connectivity index (χ2v) is 3.45. The van der Waals surface area contributed by atoms with Crippen molar-refractivity contribution in [2.45, 2.75) is 32.1 Å². The zero-order chi connectivity index (χ0) is 12.3. The predicted octanol–water partition coefficient (Wildman–Crippen LogP) is 3.79. The molecule has 1 nitrogen and oxygen atoms in total. The highest BCUT2D eigenvalue weighted by Crippen LogP contribution is 2.55. The van der Waals surface area contributed by atoms with Gasteiger partial charge in [0.05, 0.1) is 5.92 Å². The van der Waals surface area contributed by atoms with E-state index in [2.05, 4.69) is 0 Å². The third kappa shape index (κ3) is 2.62. The van der Waals surface area contributed by atoms with Crippen LogP contribution in [0.5, 0.6) is 0 Å². The smallest absolute Gasteiger partial charge is 0.255 e. The number of benzene rings is 1. The molecule has 1 aromatic carbocycles. The van der Waals surface area contributed by atoms with Crippen LogP contribution in [0.1, 0.15) is 42.1 Å². The molecule has 1 unspecified atom stereocenters. The maximum atomic E-state index is 12.9. The Balaban J connectivity index is 0.000000606. The summed E-state index contributed by atoms with van der Waals surface area (Å²) < 4.78 is 38.1. The first-order valence-corrected chi connectivity index (χ1v) is 5.16. The Morgan fingerprint density at radius 3 is 2.31 bits per heavy atom.